The maximum absolute atomic E-state index is 12.7. The van der Waals surface area contributed by atoms with Gasteiger partial charge >= 0.3 is 5.76 Å². The third-order valence-corrected chi connectivity index (χ3v) is 4.67. The zero-order valence-electron chi connectivity index (χ0n) is 14.4. The average Bonchev–Trinajstić information content (AvgIpc) is 3.07. The molecule has 1 fully saturated rings. The maximum atomic E-state index is 12.7. The van der Waals surface area contributed by atoms with Gasteiger partial charge in [-0.1, -0.05) is 0 Å². The lowest BCUT2D eigenvalue weighted by Crippen LogP contribution is -2.52. The number of hydrogen-bond donors (Lipinski definition) is 2. The van der Waals surface area contributed by atoms with Crippen molar-refractivity contribution in [2.75, 3.05) is 26.2 Å². The average molecular weight is 371 g/mol. The van der Waals surface area contributed by atoms with Gasteiger partial charge in [0.05, 0.1) is 5.52 Å². The number of hydrazone groups is 1. The summed E-state index contributed by atoms with van der Waals surface area (Å²) < 4.78 is 4.99. The highest BCUT2D eigenvalue weighted by Crippen LogP contribution is 2.16. The normalized spacial score (nSPS) is 17.6. The molecule has 1 aromatic heterocycles. The molecule has 0 spiro atoms. The smallest absolute Gasteiger partial charge is 0.408 e. The first-order valence-electron chi connectivity index (χ1n) is 8.58. The molecule has 1 saturated heterocycles. The Morgan fingerprint density at radius 2 is 1.70 bits per heavy atom. The molecule has 0 bridgehead atoms. The van der Waals surface area contributed by atoms with Crippen molar-refractivity contribution in [3.8, 4) is 0 Å². The van der Waals surface area contributed by atoms with Gasteiger partial charge in [-0.3, -0.25) is 19.4 Å². The Balaban J connectivity index is 1.40. The number of piperazine rings is 1. The van der Waals surface area contributed by atoms with Gasteiger partial charge in [-0.2, -0.15) is 5.10 Å². The van der Waals surface area contributed by atoms with Crippen molar-refractivity contribution < 1.29 is 18.8 Å². The summed E-state index contributed by atoms with van der Waals surface area (Å²) in [7, 11) is 0. The molecule has 1 aromatic carbocycles. The summed E-state index contributed by atoms with van der Waals surface area (Å²) in [5, 5.41) is 3.82. The van der Waals surface area contributed by atoms with Crippen LogP contribution in [0.15, 0.2) is 32.5 Å². The fourth-order valence-corrected chi connectivity index (χ4v) is 3.18. The van der Waals surface area contributed by atoms with Crippen LogP contribution in [0.3, 0.4) is 0 Å². The van der Waals surface area contributed by atoms with Gasteiger partial charge in [0.25, 0.3) is 11.8 Å². The number of aromatic amines is 1. The number of hydrogen-bond acceptors (Lipinski definition) is 6. The zero-order valence-corrected chi connectivity index (χ0v) is 14.4. The third kappa shape index (κ3) is 3.33. The van der Waals surface area contributed by atoms with Gasteiger partial charge in [0, 0.05) is 44.6 Å². The molecule has 10 heteroatoms. The van der Waals surface area contributed by atoms with Crippen molar-refractivity contribution in [3.05, 3.63) is 34.3 Å². The third-order valence-electron chi connectivity index (χ3n) is 4.67. The van der Waals surface area contributed by atoms with E-state index in [1.807, 2.05) is 0 Å². The fraction of sp³-hybridized carbons (Fsp3) is 0.353. The predicted molar refractivity (Wildman–Crippen MR) is 94.1 cm³/mol. The van der Waals surface area contributed by atoms with Crippen molar-refractivity contribution in [2.45, 2.75) is 12.8 Å². The van der Waals surface area contributed by atoms with Gasteiger partial charge in [-0.15, -0.1) is 0 Å². The fourth-order valence-electron chi connectivity index (χ4n) is 3.18. The molecule has 0 aliphatic carbocycles. The minimum Gasteiger partial charge on any atom is -0.408 e. The Kier molecular flexibility index (Phi) is 4.22. The van der Waals surface area contributed by atoms with Crippen molar-refractivity contribution >= 4 is 34.5 Å². The summed E-state index contributed by atoms with van der Waals surface area (Å²) in [4.78, 5) is 53.3. The second-order valence-electron chi connectivity index (χ2n) is 6.40. The number of aromatic nitrogens is 1. The van der Waals surface area contributed by atoms with E-state index in [9.17, 15) is 19.2 Å². The Morgan fingerprint density at radius 3 is 2.37 bits per heavy atom. The van der Waals surface area contributed by atoms with Crippen LogP contribution in [0.4, 0.5) is 0 Å². The van der Waals surface area contributed by atoms with Gasteiger partial charge < -0.3 is 14.2 Å². The molecular formula is C17H17N5O5. The molecule has 2 aliphatic heterocycles. The molecule has 2 aromatic rings. The topological polar surface area (TPSA) is 128 Å². The van der Waals surface area contributed by atoms with Crippen molar-refractivity contribution in [1.82, 2.24) is 20.2 Å². The van der Waals surface area contributed by atoms with Crippen LogP contribution in [0.1, 0.15) is 23.2 Å². The Morgan fingerprint density at radius 1 is 1.00 bits per heavy atom. The van der Waals surface area contributed by atoms with E-state index in [4.69, 9.17) is 4.42 Å². The number of nitrogens with zero attached hydrogens (tertiary/aromatic N) is 3. The highest BCUT2D eigenvalue weighted by molar-refractivity contribution is 6.39. The monoisotopic (exact) mass is 371 g/mol. The number of carbonyl (C=O) groups excluding carboxylic acids is 3. The van der Waals surface area contributed by atoms with E-state index in [1.54, 1.807) is 21.9 Å². The molecule has 0 unspecified atom stereocenters. The standard InChI is InChI=1S/C17H17N5O5/c23-14-4-3-12(19-20-14)16(25)22-7-5-21(6-8-22)15(24)10-1-2-11-13(9-10)27-17(26)18-11/h1-2,9H,3-8H2,(H,18,26)(H,20,23). The number of carbonyl (C=O) groups is 3. The molecule has 3 amide bonds. The van der Waals surface area contributed by atoms with Gasteiger partial charge in [0.2, 0.25) is 5.91 Å². The van der Waals surface area contributed by atoms with Gasteiger partial charge in [-0.25, -0.2) is 10.2 Å². The highest BCUT2D eigenvalue weighted by Gasteiger charge is 2.28. The van der Waals surface area contributed by atoms with E-state index in [1.165, 1.54) is 6.07 Å². The minimum atomic E-state index is -0.566. The van der Waals surface area contributed by atoms with Crippen LogP contribution < -0.4 is 11.2 Å². The van der Waals surface area contributed by atoms with Gasteiger partial charge in [0.15, 0.2) is 5.58 Å². The molecule has 0 saturated carbocycles. The van der Waals surface area contributed by atoms with Gasteiger partial charge in [-0.05, 0) is 18.2 Å². The number of benzene rings is 1. The number of oxazole rings is 1. The van der Waals surface area contributed by atoms with E-state index in [0.29, 0.717) is 55.0 Å². The maximum Gasteiger partial charge on any atom is 0.417 e. The van der Waals surface area contributed by atoms with E-state index < -0.39 is 5.76 Å². The van der Waals surface area contributed by atoms with Crippen LogP contribution in [-0.2, 0) is 9.59 Å². The first kappa shape index (κ1) is 17.0. The molecule has 0 atom stereocenters. The summed E-state index contributed by atoms with van der Waals surface area (Å²) in [5.41, 5.74) is 3.94. The van der Waals surface area contributed by atoms with E-state index in [0.717, 1.165) is 0 Å². The molecule has 3 heterocycles. The van der Waals surface area contributed by atoms with Crippen LogP contribution in [0.25, 0.3) is 11.1 Å². The van der Waals surface area contributed by atoms with Crippen LogP contribution in [-0.4, -0.2) is 64.4 Å². The summed E-state index contributed by atoms with van der Waals surface area (Å²) in [5.74, 6) is -1.16. The molecular weight excluding hydrogens is 354 g/mol. The lowest BCUT2D eigenvalue weighted by molar-refractivity contribution is -0.126. The lowest BCUT2D eigenvalue weighted by atomic mass is 10.1. The zero-order chi connectivity index (χ0) is 19.0. The summed E-state index contributed by atoms with van der Waals surface area (Å²) >= 11 is 0. The molecule has 0 radical (unpaired) electrons. The van der Waals surface area contributed by atoms with Crippen molar-refractivity contribution in [3.63, 3.8) is 0 Å². The number of nitrogens with one attached hydrogen (secondary N) is 2. The largest absolute Gasteiger partial charge is 0.417 e. The SMILES string of the molecule is O=C1CCC(C(=O)N2CCN(C(=O)c3ccc4[nH]c(=O)oc4c3)CC2)=NN1. The van der Waals surface area contributed by atoms with Crippen molar-refractivity contribution in [1.29, 1.82) is 0 Å². The first-order valence-corrected chi connectivity index (χ1v) is 8.58. The van der Waals surface area contributed by atoms with Crippen LogP contribution in [0.2, 0.25) is 0 Å². The minimum absolute atomic E-state index is 0.185. The second kappa shape index (κ2) is 6.71. The Hall–Kier alpha value is -3.43. The molecule has 27 heavy (non-hydrogen) atoms. The number of H-pyrrole nitrogens is 1. The number of amides is 3. The molecule has 140 valence electrons. The number of fused-ring (bicyclic) bond motifs is 1. The Bertz CT molecular complexity index is 1010. The summed E-state index contributed by atoms with van der Waals surface area (Å²) in [6.45, 7) is 1.55. The molecule has 2 aliphatic rings. The predicted octanol–water partition coefficient (Wildman–Crippen LogP) is -0.328. The molecule has 2 N–H and O–H groups in total. The molecule has 4 rings (SSSR count). The summed E-state index contributed by atoms with van der Waals surface area (Å²) in [6, 6.07) is 4.79. The Labute approximate surface area is 152 Å². The van der Waals surface area contributed by atoms with Crippen LogP contribution in [0, 0.1) is 0 Å². The van der Waals surface area contributed by atoms with Crippen LogP contribution >= 0.6 is 0 Å². The molecule has 10 nitrogen and oxygen atoms in total. The first-order chi connectivity index (χ1) is 13.0. The van der Waals surface area contributed by atoms with E-state index in [2.05, 4.69) is 15.5 Å². The van der Waals surface area contributed by atoms with Crippen molar-refractivity contribution in [2.24, 2.45) is 5.10 Å². The lowest BCUT2D eigenvalue weighted by Gasteiger charge is -2.35. The quantitative estimate of drug-likeness (QED) is 0.747. The van der Waals surface area contributed by atoms with E-state index in [-0.39, 0.29) is 24.1 Å². The number of rotatable bonds is 2. The van der Waals surface area contributed by atoms with Crippen LogP contribution in [0.5, 0.6) is 0 Å². The second-order valence-corrected chi connectivity index (χ2v) is 6.40. The summed E-state index contributed by atoms with van der Waals surface area (Å²) in [6.07, 6.45) is 0.576. The van der Waals surface area contributed by atoms with Gasteiger partial charge in [0.1, 0.15) is 5.71 Å². The highest BCUT2D eigenvalue weighted by atomic mass is 16.4. The van der Waals surface area contributed by atoms with E-state index >= 15 is 0 Å².